The van der Waals surface area contributed by atoms with Gasteiger partial charge in [0.05, 0.1) is 10.9 Å². The van der Waals surface area contributed by atoms with Crippen LogP contribution in [0.3, 0.4) is 0 Å². The summed E-state index contributed by atoms with van der Waals surface area (Å²) in [4.78, 5) is 16.7. The van der Waals surface area contributed by atoms with Gasteiger partial charge in [0.1, 0.15) is 13.2 Å². The standard InChI is InChI=1S/C25H24N2O5S2/c1-15-10-17-12-18(25(28)26-20(17)11-16(15)2)13-21(24-4-3-9-33-24)27-34(29,30)19-5-6-22-23(14-19)32-8-7-31-22/h3-6,9-12,14,21,27H,7-8,13H2,1-2H3,(H,26,28). The Morgan fingerprint density at radius 3 is 2.56 bits per heavy atom. The van der Waals surface area contributed by atoms with E-state index in [0.717, 1.165) is 26.9 Å². The predicted molar refractivity (Wildman–Crippen MR) is 133 cm³/mol. The third-order valence-electron chi connectivity index (χ3n) is 5.97. The van der Waals surface area contributed by atoms with E-state index in [1.54, 1.807) is 6.07 Å². The minimum atomic E-state index is -3.90. The molecule has 7 nitrogen and oxygen atoms in total. The van der Waals surface area contributed by atoms with Crippen molar-refractivity contribution in [2.45, 2.75) is 31.2 Å². The van der Waals surface area contributed by atoms with E-state index in [1.165, 1.54) is 23.5 Å². The molecular weight excluding hydrogens is 472 g/mol. The van der Waals surface area contributed by atoms with Crippen LogP contribution < -0.4 is 19.8 Å². The van der Waals surface area contributed by atoms with Crippen LogP contribution >= 0.6 is 11.3 Å². The van der Waals surface area contributed by atoms with E-state index in [4.69, 9.17) is 9.47 Å². The Morgan fingerprint density at radius 2 is 1.79 bits per heavy atom. The molecule has 1 atom stereocenters. The van der Waals surface area contributed by atoms with Crippen molar-refractivity contribution in [1.29, 1.82) is 0 Å². The van der Waals surface area contributed by atoms with Crippen LogP contribution in [0.2, 0.25) is 0 Å². The van der Waals surface area contributed by atoms with E-state index in [9.17, 15) is 13.2 Å². The number of H-pyrrole nitrogens is 1. The summed E-state index contributed by atoms with van der Waals surface area (Å²) in [5.41, 5.74) is 3.27. The maximum absolute atomic E-state index is 13.3. The molecule has 0 bridgehead atoms. The van der Waals surface area contributed by atoms with Crippen LogP contribution in [0.25, 0.3) is 10.9 Å². The van der Waals surface area contributed by atoms with Crippen molar-refractivity contribution in [1.82, 2.24) is 9.71 Å². The number of nitrogens with one attached hydrogen (secondary N) is 2. The van der Waals surface area contributed by atoms with Gasteiger partial charge in [-0.05, 0) is 78.6 Å². The van der Waals surface area contributed by atoms with Crippen molar-refractivity contribution < 1.29 is 17.9 Å². The van der Waals surface area contributed by atoms with Gasteiger partial charge in [-0.15, -0.1) is 11.3 Å². The Hall–Kier alpha value is -3.14. The van der Waals surface area contributed by atoms with Gasteiger partial charge in [-0.1, -0.05) is 6.07 Å². The molecule has 2 aromatic heterocycles. The zero-order valence-electron chi connectivity index (χ0n) is 18.8. The Balaban J connectivity index is 1.49. The van der Waals surface area contributed by atoms with Crippen molar-refractivity contribution in [2.75, 3.05) is 13.2 Å². The molecule has 34 heavy (non-hydrogen) atoms. The van der Waals surface area contributed by atoms with Gasteiger partial charge in [0.15, 0.2) is 11.5 Å². The highest BCUT2D eigenvalue weighted by Gasteiger charge is 2.25. The Bertz CT molecular complexity index is 1530. The van der Waals surface area contributed by atoms with E-state index in [2.05, 4.69) is 9.71 Å². The van der Waals surface area contributed by atoms with E-state index in [1.807, 2.05) is 49.6 Å². The van der Waals surface area contributed by atoms with E-state index in [0.29, 0.717) is 30.3 Å². The summed E-state index contributed by atoms with van der Waals surface area (Å²) in [6.45, 7) is 4.82. The van der Waals surface area contributed by atoms with Gasteiger partial charge in [-0.3, -0.25) is 4.79 Å². The number of fused-ring (bicyclic) bond motifs is 2. The second kappa shape index (κ2) is 8.90. The normalized spacial score (nSPS) is 14.3. The average Bonchev–Trinajstić information content (AvgIpc) is 3.35. The smallest absolute Gasteiger partial charge is 0.251 e. The first-order valence-electron chi connectivity index (χ1n) is 10.9. The fraction of sp³-hybridized carbons (Fsp3) is 0.240. The van der Waals surface area contributed by atoms with Gasteiger partial charge in [0.25, 0.3) is 5.56 Å². The van der Waals surface area contributed by atoms with Crippen molar-refractivity contribution in [2.24, 2.45) is 0 Å². The molecular formula is C25H24N2O5S2. The van der Waals surface area contributed by atoms with E-state index >= 15 is 0 Å². The fourth-order valence-electron chi connectivity index (χ4n) is 4.03. The predicted octanol–water partition coefficient (Wildman–Crippen LogP) is 4.24. The SMILES string of the molecule is Cc1cc2cc(CC(NS(=O)(=O)c3ccc4c(c3)OCCO4)c3cccs3)c(=O)[nH]c2cc1C. The third kappa shape index (κ3) is 4.46. The van der Waals surface area contributed by atoms with Gasteiger partial charge in [-0.2, -0.15) is 0 Å². The molecule has 0 saturated heterocycles. The zero-order chi connectivity index (χ0) is 23.9. The number of hydrogen-bond acceptors (Lipinski definition) is 6. The number of hydrogen-bond donors (Lipinski definition) is 2. The molecule has 9 heteroatoms. The fourth-order valence-corrected chi connectivity index (χ4v) is 6.11. The quantitative estimate of drug-likeness (QED) is 0.416. The Labute approximate surface area is 201 Å². The molecule has 2 N–H and O–H groups in total. The molecule has 176 valence electrons. The lowest BCUT2D eigenvalue weighted by atomic mass is 10.0. The summed E-state index contributed by atoms with van der Waals surface area (Å²) in [7, 11) is -3.90. The maximum atomic E-state index is 13.3. The van der Waals surface area contributed by atoms with Crippen LogP contribution in [0.1, 0.15) is 27.6 Å². The average molecular weight is 497 g/mol. The molecule has 0 aliphatic carbocycles. The van der Waals surface area contributed by atoms with Crippen LogP contribution in [0.5, 0.6) is 11.5 Å². The van der Waals surface area contributed by atoms with Crippen LogP contribution in [0.15, 0.2) is 63.6 Å². The van der Waals surface area contributed by atoms with Gasteiger partial charge < -0.3 is 14.5 Å². The number of ether oxygens (including phenoxy) is 2. The van der Waals surface area contributed by atoms with Gasteiger partial charge in [0, 0.05) is 22.0 Å². The number of rotatable bonds is 6. The summed E-state index contributed by atoms with van der Waals surface area (Å²) in [6, 6.07) is 13.5. The molecule has 1 aliphatic heterocycles. The number of thiophene rings is 1. The van der Waals surface area contributed by atoms with Crippen molar-refractivity contribution in [3.8, 4) is 11.5 Å². The monoisotopic (exact) mass is 496 g/mol. The van der Waals surface area contributed by atoms with Crippen LogP contribution in [-0.4, -0.2) is 26.6 Å². The van der Waals surface area contributed by atoms with Crippen LogP contribution in [-0.2, 0) is 16.4 Å². The molecule has 0 saturated carbocycles. The minimum Gasteiger partial charge on any atom is -0.486 e. The molecule has 1 unspecified atom stereocenters. The highest BCUT2D eigenvalue weighted by atomic mass is 32.2. The number of pyridine rings is 1. The zero-order valence-corrected chi connectivity index (χ0v) is 20.4. The van der Waals surface area contributed by atoms with Gasteiger partial charge in [0.2, 0.25) is 10.0 Å². The number of benzene rings is 2. The largest absolute Gasteiger partial charge is 0.486 e. The second-order valence-electron chi connectivity index (χ2n) is 8.35. The van der Waals surface area contributed by atoms with Gasteiger partial charge in [-0.25, -0.2) is 13.1 Å². The van der Waals surface area contributed by atoms with Gasteiger partial charge >= 0.3 is 0 Å². The lowest BCUT2D eigenvalue weighted by Crippen LogP contribution is -2.31. The third-order valence-corrected chi connectivity index (χ3v) is 8.42. The van der Waals surface area contributed by atoms with Crippen LogP contribution in [0.4, 0.5) is 0 Å². The molecule has 0 amide bonds. The molecule has 5 rings (SSSR count). The number of aromatic amines is 1. The number of sulfonamides is 1. The molecule has 1 aliphatic rings. The number of aromatic nitrogens is 1. The summed E-state index contributed by atoms with van der Waals surface area (Å²) >= 11 is 1.44. The highest BCUT2D eigenvalue weighted by molar-refractivity contribution is 7.89. The summed E-state index contributed by atoms with van der Waals surface area (Å²) in [5.74, 6) is 0.923. The lowest BCUT2D eigenvalue weighted by Gasteiger charge is -2.21. The highest BCUT2D eigenvalue weighted by Crippen LogP contribution is 2.33. The molecule has 0 spiro atoms. The van der Waals surface area contributed by atoms with E-state index < -0.39 is 16.1 Å². The topological polar surface area (TPSA) is 97.5 Å². The first kappa shape index (κ1) is 22.6. The second-order valence-corrected chi connectivity index (χ2v) is 11.0. The van der Waals surface area contributed by atoms with Crippen molar-refractivity contribution in [3.63, 3.8) is 0 Å². The summed E-state index contributed by atoms with van der Waals surface area (Å²) in [5, 5.41) is 2.80. The lowest BCUT2D eigenvalue weighted by molar-refractivity contribution is 0.171. The first-order valence-corrected chi connectivity index (χ1v) is 13.2. The van der Waals surface area contributed by atoms with E-state index in [-0.39, 0.29) is 16.9 Å². The molecule has 2 aromatic carbocycles. The van der Waals surface area contributed by atoms with Crippen LogP contribution in [0, 0.1) is 13.8 Å². The summed E-state index contributed by atoms with van der Waals surface area (Å²) in [6.07, 6.45) is 0.211. The summed E-state index contributed by atoms with van der Waals surface area (Å²) < 4.78 is 40.4. The van der Waals surface area contributed by atoms with Crippen molar-refractivity contribution in [3.05, 3.63) is 85.8 Å². The Morgan fingerprint density at radius 1 is 1.03 bits per heavy atom. The van der Waals surface area contributed by atoms with Crippen molar-refractivity contribution >= 4 is 32.3 Å². The Kier molecular flexibility index (Phi) is 5.93. The molecule has 0 fully saturated rings. The first-order chi connectivity index (χ1) is 16.3. The minimum absolute atomic E-state index is 0.0804. The molecule has 0 radical (unpaired) electrons. The maximum Gasteiger partial charge on any atom is 0.251 e. The number of aryl methyl sites for hydroxylation is 2. The molecule has 4 aromatic rings. The molecule has 3 heterocycles.